The Kier molecular flexibility index (Phi) is 10.6. The molecule has 6 N–H and O–H groups in total. The minimum Gasteiger partial charge on any atom is -0.396 e. The summed E-state index contributed by atoms with van der Waals surface area (Å²) in [5, 5.41) is 34.0. The standard InChI is InChI=1S/C5H12O4.C2H7N/c6-1-5(2-7,3-8)4-9;1-2-3/h6-9H,1-4H2;2-3H2,1H3. The van der Waals surface area contributed by atoms with Gasteiger partial charge in [-0.1, -0.05) is 6.92 Å². The van der Waals surface area contributed by atoms with Crippen molar-refractivity contribution in [2.45, 2.75) is 6.92 Å². The highest BCUT2D eigenvalue weighted by Gasteiger charge is 2.26. The maximum Gasteiger partial charge on any atom is 0.0627 e. The van der Waals surface area contributed by atoms with Gasteiger partial charge in [-0.25, -0.2) is 0 Å². The normalized spacial score (nSPS) is 10.5. The van der Waals surface area contributed by atoms with Gasteiger partial charge in [-0.2, -0.15) is 0 Å². The average molecular weight is 181 g/mol. The lowest BCUT2D eigenvalue weighted by molar-refractivity contribution is -0.0328. The molecule has 0 heterocycles. The van der Waals surface area contributed by atoms with Gasteiger partial charge in [0.2, 0.25) is 0 Å². The highest BCUT2D eigenvalue weighted by Crippen LogP contribution is 2.11. The molecule has 12 heavy (non-hydrogen) atoms. The molecule has 76 valence electrons. The predicted molar refractivity (Wildman–Crippen MR) is 45.5 cm³/mol. The first kappa shape index (κ1) is 14.3. The topological polar surface area (TPSA) is 107 Å². The van der Waals surface area contributed by atoms with Gasteiger partial charge in [-0.05, 0) is 6.54 Å². The Morgan fingerprint density at radius 1 is 0.917 bits per heavy atom. The van der Waals surface area contributed by atoms with E-state index >= 15 is 0 Å². The van der Waals surface area contributed by atoms with E-state index in [0.717, 1.165) is 6.54 Å². The Morgan fingerprint density at radius 3 is 1.08 bits per heavy atom. The number of hydrogen-bond donors (Lipinski definition) is 5. The van der Waals surface area contributed by atoms with E-state index in [1.807, 2.05) is 6.92 Å². The molecular formula is C7H19NO4. The van der Waals surface area contributed by atoms with Gasteiger partial charge >= 0.3 is 0 Å². The fourth-order valence-corrected chi connectivity index (χ4v) is 0.300. The first-order chi connectivity index (χ1) is 5.66. The van der Waals surface area contributed by atoms with E-state index < -0.39 is 31.8 Å². The summed E-state index contributed by atoms with van der Waals surface area (Å²) in [5.74, 6) is 0. The van der Waals surface area contributed by atoms with Crippen molar-refractivity contribution < 1.29 is 20.4 Å². The van der Waals surface area contributed by atoms with Crippen molar-refractivity contribution in [1.82, 2.24) is 0 Å². The van der Waals surface area contributed by atoms with Crippen LogP contribution in [0.2, 0.25) is 0 Å². The van der Waals surface area contributed by atoms with Crippen molar-refractivity contribution in [2.75, 3.05) is 33.0 Å². The quantitative estimate of drug-likeness (QED) is 0.342. The molecule has 0 spiro atoms. The summed E-state index contributed by atoms with van der Waals surface area (Å²) < 4.78 is 0. The molecule has 0 aromatic rings. The molecule has 0 bridgehead atoms. The van der Waals surface area contributed by atoms with Gasteiger partial charge in [0.05, 0.1) is 31.8 Å². The molecule has 5 nitrogen and oxygen atoms in total. The van der Waals surface area contributed by atoms with Crippen LogP contribution in [0.3, 0.4) is 0 Å². The van der Waals surface area contributed by atoms with Crippen molar-refractivity contribution in [3.8, 4) is 0 Å². The molecule has 0 aliphatic carbocycles. The maximum atomic E-state index is 8.50. The lowest BCUT2D eigenvalue weighted by atomic mass is 9.93. The lowest BCUT2D eigenvalue weighted by Crippen LogP contribution is -2.37. The summed E-state index contributed by atoms with van der Waals surface area (Å²) in [6.45, 7) is 1.03. The molecule has 0 rings (SSSR count). The van der Waals surface area contributed by atoms with E-state index in [9.17, 15) is 0 Å². The zero-order chi connectivity index (χ0) is 10.0. The van der Waals surface area contributed by atoms with Crippen LogP contribution >= 0.6 is 0 Å². The molecule has 0 saturated carbocycles. The van der Waals surface area contributed by atoms with Crippen LogP contribution in [0.4, 0.5) is 0 Å². The van der Waals surface area contributed by atoms with Gasteiger partial charge in [0.1, 0.15) is 0 Å². The second-order valence-corrected chi connectivity index (χ2v) is 2.54. The van der Waals surface area contributed by atoms with E-state index in [-0.39, 0.29) is 0 Å². The first-order valence-electron chi connectivity index (χ1n) is 3.79. The fourth-order valence-electron chi connectivity index (χ4n) is 0.300. The molecule has 0 unspecified atom stereocenters. The average Bonchev–Trinajstić information content (AvgIpc) is 2.11. The smallest absolute Gasteiger partial charge is 0.0627 e. The van der Waals surface area contributed by atoms with Crippen LogP contribution in [0.25, 0.3) is 0 Å². The summed E-state index contributed by atoms with van der Waals surface area (Å²) in [7, 11) is 0. The molecule has 0 aliphatic heterocycles. The fraction of sp³-hybridized carbons (Fsp3) is 1.00. The minimum atomic E-state index is -1.11. The number of rotatable bonds is 4. The zero-order valence-electron chi connectivity index (χ0n) is 7.40. The lowest BCUT2D eigenvalue weighted by Gasteiger charge is -2.23. The van der Waals surface area contributed by atoms with E-state index in [2.05, 4.69) is 0 Å². The van der Waals surface area contributed by atoms with Crippen LogP contribution in [-0.4, -0.2) is 53.4 Å². The molecule has 5 heteroatoms. The third kappa shape index (κ3) is 5.45. The molecule has 0 fully saturated rings. The predicted octanol–water partition coefficient (Wildman–Crippen LogP) is -2.09. The Labute approximate surface area is 72.5 Å². The van der Waals surface area contributed by atoms with Crippen LogP contribution < -0.4 is 5.73 Å². The van der Waals surface area contributed by atoms with Crippen molar-refractivity contribution in [2.24, 2.45) is 11.1 Å². The largest absolute Gasteiger partial charge is 0.396 e. The van der Waals surface area contributed by atoms with Gasteiger partial charge in [0.25, 0.3) is 0 Å². The van der Waals surface area contributed by atoms with Gasteiger partial charge < -0.3 is 26.2 Å². The Balaban J connectivity index is 0. The highest BCUT2D eigenvalue weighted by molar-refractivity contribution is 4.74. The Hall–Kier alpha value is -0.200. The molecule has 0 aromatic heterocycles. The minimum absolute atomic E-state index is 0.406. The first-order valence-corrected chi connectivity index (χ1v) is 3.79. The van der Waals surface area contributed by atoms with E-state index in [0.29, 0.717) is 0 Å². The summed E-state index contributed by atoms with van der Waals surface area (Å²) in [6.07, 6.45) is 0. The van der Waals surface area contributed by atoms with Gasteiger partial charge in [-0.3, -0.25) is 0 Å². The van der Waals surface area contributed by atoms with Gasteiger partial charge in [0.15, 0.2) is 0 Å². The van der Waals surface area contributed by atoms with Crippen LogP contribution in [0.1, 0.15) is 6.92 Å². The molecule has 0 radical (unpaired) electrons. The van der Waals surface area contributed by atoms with Crippen LogP contribution in [0.15, 0.2) is 0 Å². The maximum absolute atomic E-state index is 8.50. The molecular weight excluding hydrogens is 162 g/mol. The Morgan fingerprint density at radius 2 is 1.08 bits per heavy atom. The van der Waals surface area contributed by atoms with Crippen molar-refractivity contribution in [3.63, 3.8) is 0 Å². The number of nitrogens with two attached hydrogens (primary N) is 1. The third-order valence-electron chi connectivity index (χ3n) is 1.34. The molecule has 0 aliphatic rings. The summed E-state index contributed by atoms with van der Waals surface area (Å²) in [6, 6.07) is 0. The summed E-state index contributed by atoms with van der Waals surface area (Å²) in [4.78, 5) is 0. The van der Waals surface area contributed by atoms with E-state index in [1.165, 1.54) is 0 Å². The van der Waals surface area contributed by atoms with Gasteiger partial charge in [0, 0.05) is 0 Å². The highest BCUT2D eigenvalue weighted by atomic mass is 16.3. The summed E-state index contributed by atoms with van der Waals surface area (Å²) in [5.41, 5.74) is 3.74. The molecule has 0 aromatic carbocycles. The SMILES string of the molecule is CCN.OCC(CO)(CO)CO. The molecule has 0 atom stereocenters. The van der Waals surface area contributed by atoms with Crippen molar-refractivity contribution in [1.29, 1.82) is 0 Å². The molecule has 0 saturated heterocycles. The second kappa shape index (κ2) is 8.89. The van der Waals surface area contributed by atoms with Gasteiger partial charge in [-0.15, -0.1) is 0 Å². The third-order valence-corrected chi connectivity index (χ3v) is 1.34. The van der Waals surface area contributed by atoms with E-state index in [1.54, 1.807) is 0 Å². The zero-order valence-corrected chi connectivity index (χ0v) is 7.40. The van der Waals surface area contributed by atoms with Crippen LogP contribution in [0.5, 0.6) is 0 Å². The monoisotopic (exact) mass is 181 g/mol. The Bertz CT molecular complexity index is 68.0. The number of aliphatic hydroxyl groups excluding tert-OH is 4. The number of hydrogen-bond acceptors (Lipinski definition) is 5. The number of aliphatic hydroxyl groups is 4. The van der Waals surface area contributed by atoms with E-state index in [4.69, 9.17) is 26.2 Å². The van der Waals surface area contributed by atoms with Crippen LogP contribution in [0, 0.1) is 5.41 Å². The summed E-state index contributed by atoms with van der Waals surface area (Å²) >= 11 is 0. The van der Waals surface area contributed by atoms with Crippen LogP contribution in [-0.2, 0) is 0 Å². The van der Waals surface area contributed by atoms with Crippen molar-refractivity contribution >= 4 is 0 Å². The molecule has 0 amide bonds. The van der Waals surface area contributed by atoms with Crippen molar-refractivity contribution in [3.05, 3.63) is 0 Å². The second-order valence-electron chi connectivity index (χ2n) is 2.54.